The lowest BCUT2D eigenvalue weighted by molar-refractivity contribution is -0.118. The number of carbonyl (C=O) groups is 2. The van der Waals surface area contributed by atoms with Crippen molar-refractivity contribution >= 4 is 17.6 Å². The standard InChI is InChI=1S/C18H21N7O2/c1-12-15(25-7-2-5-21-18(25)22-12)17(27)23-8-3-13(4-9-23)16-20-6-10-24(16)11-14(19)26/h2,5-7,10,13H,3-4,8-9,11H2,1H3,(H2,19,26). The maximum Gasteiger partial charge on any atom is 0.272 e. The maximum absolute atomic E-state index is 13.1. The van der Waals surface area contributed by atoms with Crippen molar-refractivity contribution < 1.29 is 9.59 Å². The van der Waals surface area contributed by atoms with E-state index in [2.05, 4.69) is 15.0 Å². The van der Waals surface area contributed by atoms with Crippen molar-refractivity contribution in [2.24, 2.45) is 5.73 Å². The number of imidazole rings is 2. The molecule has 4 heterocycles. The van der Waals surface area contributed by atoms with Crippen molar-refractivity contribution in [3.63, 3.8) is 0 Å². The lowest BCUT2D eigenvalue weighted by Gasteiger charge is -2.31. The molecule has 0 spiro atoms. The lowest BCUT2D eigenvalue weighted by Crippen LogP contribution is -2.39. The van der Waals surface area contributed by atoms with E-state index in [0.717, 1.165) is 18.7 Å². The van der Waals surface area contributed by atoms with E-state index in [1.165, 1.54) is 0 Å². The van der Waals surface area contributed by atoms with Gasteiger partial charge < -0.3 is 15.2 Å². The van der Waals surface area contributed by atoms with Gasteiger partial charge in [-0.2, -0.15) is 0 Å². The first-order chi connectivity index (χ1) is 13.0. The van der Waals surface area contributed by atoms with Crippen LogP contribution < -0.4 is 5.73 Å². The number of nitrogens with two attached hydrogens (primary N) is 1. The number of primary amides is 1. The zero-order valence-corrected chi connectivity index (χ0v) is 15.1. The number of carbonyl (C=O) groups excluding carboxylic acids is 2. The Labute approximate surface area is 155 Å². The predicted octanol–water partition coefficient (Wildman–Crippen LogP) is 0.739. The Morgan fingerprint density at radius 3 is 2.70 bits per heavy atom. The molecule has 3 aromatic rings. The van der Waals surface area contributed by atoms with Crippen LogP contribution in [-0.2, 0) is 11.3 Å². The van der Waals surface area contributed by atoms with E-state index in [-0.39, 0.29) is 18.4 Å². The van der Waals surface area contributed by atoms with Crippen LogP contribution in [0.2, 0.25) is 0 Å². The highest BCUT2D eigenvalue weighted by molar-refractivity contribution is 5.94. The molecule has 9 heteroatoms. The summed E-state index contributed by atoms with van der Waals surface area (Å²) in [6.45, 7) is 3.21. The van der Waals surface area contributed by atoms with Crippen LogP contribution in [0.1, 0.15) is 40.8 Å². The van der Waals surface area contributed by atoms with E-state index < -0.39 is 5.91 Å². The van der Waals surface area contributed by atoms with Gasteiger partial charge in [0.05, 0.1) is 5.69 Å². The number of amides is 2. The van der Waals surface area contributed by atoms with Crippen molar-refractivity contribution in [2.45, 2.75) is 32.2 Å². The number of hydrogen-bond donors (Lipinski definition) is 1. The molecule has 4 rings (SSSR count). The van der Waals surface area contributed by atoms with Crippen LogP contribution in [-0.4, -0.2) is 53.7 Å². The summed E-state index contributed by atoms with van der Waals surface area (Å²) in [6, 6.07) is 1.79. The Bertz CT molecular complexity index is 998. The summed E-state index contributed by atoms with van der Waals surface area (Å²) < 4.78 is 3.54. The van der Waals surface area contributed by atoms with Crippen molar-refractivity contribution in [3.8, 4) is 0 Å². The van der Waals surface area contributed by atoms with Gasteiger partial charge in [-0.1, -0.05) is 0 Å². The molecular weight excluding hydrogens is 346 g/mol. The summed E-state index contributed by atoms with van der Waals surface area (Å²) in [4.78, 5) is 39.1. The monoisotopic (exact) mass is 367 g/mol. The highest BCUT2D eigenvalue weighted by Crippen LogP contribution is 2.28. The second kappa shape index (κ2) is 6.82. The number of fused-ring (bicyclic) bond motifs is 1. The lowest BCUT2D eigenvalue weighted by atomic mass is 9.95. The highest BCUT2D eigenvalue weighted by atomic mass is 16.2. The van der Waals surface area contributed by atoms with Gasteiger partial charge in [-0.3, -0.25) is 14.0 Å². The van der Waals surface area contributed by atoms with Crippen molar-refractivity contribution in [3.05, 3.63) is 48.1 Å². The molecule has 1 fully saturated rings. The van der Waals surface area contributed by atoms with Gasteiger partial charge in [-0.25, -0.2) is 15.0 Å². The fourth-order valence-electron chi connectivity index (χ4n) is 3.73. The molecule has 27 heavy (non-hydrogen) atoms. The van der Waals surface area contributed by atoms with E-state index in [0.29, 0.717) is 30.3 Å². The van der Waals surface area contributed by atoms with E-state index >= 15 is 0 Å². The molecule has 1 saturated heterocycles. The van der Waals surface area contributed by atoms with Gasteiger partial charge in [-0.15, -0.1) is 0 Å². The largest absolute Gasteiger partial charge is 0.368 e. The van der Waals surface area contributed by atoms with Crippen LogP contribution in [0.25, 0.3) is 5.78 Å². The molecule has 0 radical (unpaired) electrons. The van der Waals surface area contributed by atoms with Crippen LogP contribution in [0.3, 0.4) is 0 Å². The number of aryl methyl sites for hydroxylation is 1. The quantitative estimate of drug-likeness (QED) is 0.731. The molecule has 2 amide bonds. The Morgan fingerprint density at radius 1 is 1.19 bits per heavy atom. The molecule has 0 unspecified atom stereocenters. The second-order valence-corrected chi connectivity index (χ2v) is 6.78. The Hall–Kier alpha value is -3.23. The normalized spacial score (nSPS) is 15.4. The van der Waals surface area contributed by atoms with Crippen molar-refractivity contribution in [2.75, 3.05) is 13.1 Å². The number of piperidine rings is 1. The van der Waals surface area contributed by atoms with Crippen molar-refractivity contribution in [1.82, 2.24) is 28.8 Å². The molecule has 1 aliphatic rings. The molecule has 2 N–H and O–H groups in total. The fraction of sp³-hybridized carbons (Fsp3) is 0.389. The van der Waals surface area contributed by atoms with E-state index in [1.807, 2.05) is 18.0 Å². The van der Waals surface area contributed by atoms with Gasteiger partial charge in [0.2, 0.25) is 11.7 Å². The van der Waals surface area contributed by atoms with Gasteiger partial charge in [-0.05, 0) is 25.8 Å². The van der Waals surface area contributed by atoms with Gasteiger partial charge in [0, 0.05) is 43.8 Å². The molecule has 0 atom stereocenters. The molecule has 3 aromatic heterocycles. The van der Waals surface area contributed by atoms with E-state index in [1.54, 1.807) is 33.6 Å². The predicted molar refractivity (Wildman–Crippen MR) is 97.0 cm³/mol. The number of likely N-dealkylation sites (tertiary alicyclic amines) is 1. The average molecular weight is 367 g/mol. The van der Waals surface area contributed by atoms with Gasteiger partial charge in [0.25, 0.3) is 5.91 Å². The second-order valence-electron chi connectivity index (χ2n) is 6.78. The summed E-state index contributed by atoms with van der Waals surface area (Å²) in [5.41, 5.74) is 6.54. The number of aromatic nitrogens is 5. The topological polar surface area (TPSA) is 111 Å². The third-order valence-corrected chi connectivity index (χ3v) is 5.00. The van der Waals surface area contributed by atoms with Gasteiger partial charge in [0.15, 0.2) is 0 Å². The highest BCUT2D eigenvalue weighted by Gasteiger charge is 2.29. The molecule has 1 aliphatic heterocycles. The summed E-state index contributed by atoms with van der Waals surface area (Å²) in [7, 11) is 0. The SMILES string of the molecule is Cc1nc2ncccn2c1C(=O)N1CCC(c2nccn2CC(N)=O)CC1. The maximum atomic E-state index is 13.1. The zero-order valence-electron chi connectivity index (χ0n) is 15.1. The van der Waals surface area contributed by atoms with Crippen LogP contribution in [0, 0.1) is 6.92 Å². The van der Waals surface area contributed by atoms with Gasteiger partial charge in [0.1, 0.15) is 18.1 Å². The summed E-state index contributed by atoms with van der Waals surface area (Å²) in [5.74, 6) is 1.16. The summed E-state index contributed by atoms with van der Waals surface area (Å²) in [6.07, 6.45) is 8.50. The number of nitrogens with zero attached hydrogens (tertiary/aromatic N) is 6. The summed E-state index contributed by atoms with van der Waals surface area (Å²) in [5, 5.41) is 0. The Morgan fingerprint density at radius 2 is 1.96 bits per heavy atom. The number of hydrogen-bond acceptors (Lipinski definition) is 5. The molecule has 0 bridgehead atoms. The van der Waals surface area contributed by atoms with Crippen LogP contribution in [0.15, 0.2) is 30.9 Å². The van der Waals surface area contributed by atoms with Crippen LogP contribution in [0.5, 0.6) is 0 Å². The average Bonchev–Trinajstić information content (AvgIpc) is 3.24. The minimum Gasteiger partial charge on any atom is -0.368 e. The summed E-state index contributed by atoms with van der Waals surface area (Å²) >= 11 is 0. The third kappa shape index (κ3) is 3.16. The van der Waals surface area contributed by atoms with Gasteiger partial charge >= 0.3 is 0 Å². The molecule has 0 saturated carbocycles. The molecular formula is C18H21N7O2. The van der Waals surface area contributed by atoms with Crippen molar-refractivity contribution in [1.29, 1.82) is 0 Å². The first kappa shape index (κ1) is 17.2. The fourth-order valence-corrected chi connectivity index (χ4v) is 3.73. The first-order valence-corrected chi connectivity index (χ1v) is 8.93. The Balaban J connectivity index is 1.49. The Kier molecular flexibility index (Phi) is 4.35. The zero-order chi connectivity index (χ0) is 19.0. The minimum absolute atomic E-state index is 0.0353. The van der Waals surface area contributed by atoms with Crippen LogP contribution in [0.4, 0.5) is 0 Å². The smallest absolute Gasteiger partial charge is 0.272 e. The molecule has 0 aromatic carbocycles. The van der Waals surface area contributed by atoms with E-state index in [4.69, 9.17) is 5.73 Å². The minimum atomic E-state index is -0.390. The molecule has 9 nitrogen and oxygen atoms in total. The molecule has 140 valence electrons. The van der Waals surface area contributed by atoms with Crippen LogP contribution >= 0.6 is 0 Å². The van der Waals surface area contributed by atoms with E-state index in [9.17, 15) is 9.59 Å². The molecule has 0 aliphatic carbocycles. The first-order valence-electron chi connectivity index (χ1n) is 8.93. The number of rotatable bonds is 4. The third-order valence-electron chi connectivity index (χ3n) is 5.00.